The van der Waals surface area contributed by atoms with Gasteiger partial charge in [-0.05, 0) is 0 Å². The number of nitrogens with zero attached hydrogens (tertiary/aromatic N) is 4. The van der Waals surface area contributed by atoms with Gasteiger partial charge in [-0.15, -0.1) is 0 Å². The summed E-state index contributed by atoms with van der Waals surface area (Å²) in [6.07, 6.45) is -3.94. The Morgan fingerprint density at radius 3 is 2.10 bits per heavy atom. The number of fused-ring (bicyclic) bond motifs is 2. The second-order valence-corrected chi connectivity index (χ2v) is 13.8. The number of nitrogens with two attached hydrogens (primary N) is 1. The standard InChI is InChI=1S/C28H26N6O6P2/c29-27-31-24-21(25(36)32-27)30-28(34(24)26-22(35)23-20(39-26)16-38-41(37)40-23)33-42(17-10-4-1-5-11-17,18-12-6-2-7-13-18)19-14-8-3-9-15-19/h1-15,20,22-23,26,35,37H,16H2,(H3,29,31,32,36)/t20?,22?,23-,26-,41?/m1/s1. The Kier molecular flexibility index (Phi) is 7.00. The van der Waals surface area contributed by atoms with E-state index in [1.54, 1.807) is 0 Å². The Balaban J connectivity index is 1.57. The van der Waals surface area contributed by atoms with Crippen LogP contribution in [0.5, 0.6) is 0 Å². The highest BCUT2D eigenvalue weighted by molar-refractivity contribution is 7.87. The number of hydrogen-bond donors (Lipinski definition) is 4. The third-order valence-electron chi connectivity index (χ3n) is 7.30. The van der Waals surface area contributed by atoms with Gasteiger partial charge < -0.3 is 29.5 Å². The number of benzene rings is 3. The van der Waals surface area contributed by atoms with Gasteiger partial charge in [0.15, 0.2) is 17.4 Å². The van der Waals surface area contributed by atoms with E-state index < -0.39 is 45.8 Å². The zero-order valence-electron chi connectivity index (χ0n) is 22.0. The zero-order chi connectivity index (χ0) is 28.8. The highest BCUT2D eigenvalue weighted by Gasteiger charge is 2.51. The summed E-state index contributed by atoms with van der Waals surface area (Å²) >= 11 is 0. The van der Waals surface area contributed by atoms with Crippen LogP contribution in [0.25, 0.3) is 11.2 Å². The molecule has 14 heteroatoms. The molecule has 0 amide bonds. The first-order chi connectivity index (χ1) is 20.5. The van der Waals surface area contributed by atoms with Crippen LogP contribution in [0.3, 0.4) is 0 Å². The van der Waals surface area contributed by atoms with Gasteiger partial charge in [-0.25, -0.2) is 9.73 Å². The number of hydrogen-bond acceptors (Lipinski definition) is 10. The molecule has 2 aliphatic rings. The number of ether oxygens (including phenoxy) is 1. The Bertz CT molecular complexity index is 1750. The smallest absolute Gasteiger partial charge is 0.330 e. The first kappa shape index (κ1) is 27.1. The molecule has 0 radical (unpaired) electrons. The zero-order valence-corrected chi connectivity index (χ0v) is 23.8. The van der Waals surface area contributed by atoms with E-state index in [4.69, 9.17) is 24.3 Å². The summed E-state index contributed by atoms with van der Waals surface area (Å²) in [4.78, 5) is 34.6. The summed E-state index contributed by atoms with van der Waals surface area (Å²) < 4.78 is 23.9. The van der Waals surface area contributed by atoms with E-state index in [1.807, 2.05) is 91.0 Å². The van der Waals surface area contributed by atoms with Gasteiger partial charge in [0, 0.05) is 15.9 Å². The molecule has 2 aromatic heterocycles. The number of imidazole rings is 1. The van der Waals surface area contributed by atoms with Crippen LogP contribution in [0.2, 0.25) is 0 Å². The molecule has 3 aromatic carbocycles. The van der Waals surface area contributed by atoms with Gasteiger partial charge in [-0.2, -0.15) is 4.98 Å². The topological polar surface area (TPSA) is 170 Å². The second kappa shape index (κ2) is 10.8. The Morgan fingerprint density at radius 2 is 1.52 bits per heavy atom. The van der Waals surface area contributed by atoms with Crippen molar-refractivity contribution in [2.75, 3.05) is 12.3 Å². The summed E-state index contributed by atoms with van der Waals surface area (Å²) in [6, 6.07) is 29.7. The fourth-order valence-electron chi connectivity index (χ4n) is 5.45. The molecule has 0 spiro atoms. The molecule has 3 unspecified atom stereocenters. The highest BCUT2D eigenvalue weighted by atomic mass is 31.2. The summed E-state index contributed by atoms with van der Waals surface area (Å²) in [6.45, 7) is 0.0185. The van der Waals surface area contributed by atoms with Crippen LogP contribution < -0.4 is 27.2 Å². The van der Waals surface area contributed by atoms with Crippen molar-refractivity contribution in [2.24, 2.45) is 4.74 Å². The number of nitrogens with one attached hydrogen (secondary N) is 1. The molecule has 0 aliphatic carbocycles. The van der Waals surface area contributed by atoms with Crippen LogP contribution in [-0.2, 0) is 13.8 Å². The third kappa shape index (κ3) is 4.49. The first-order valence-electron chi connectivity index (χ1n) is 13.1. The number of aliphatic hydroxyl groups is 1. The van der Waals surface area contributed by atoms with Crippen molar-refractivity contribution in [2.45, 2.75) is 24.5 Å². The fourth-order valence-corrected chi connectivity index (χ4v) is 9.71. The highest BCUT2D eigenvalue weighted by Crippen LogP contribution is 2.51. The van der Waals surface area contributed by atoms with Crippen molar-refractivity contribution < 1.29 is 23.8 Å². The van der Waals surface area contributed by atoms with Gasteiger partial charge in [0.2, 0.25) is 11.9 Å². The molecule has 42 heavy (non-hydrogen) atoms. The molecule has 0 bridgehead atoms. The summed E-state index contributed by atoms with van der Waals surface area (Å²) in [5.74, 6) is -0.00725. The average molecular weight is 605 g/mol. The minimum atomic E-state index is -2.85. The molecule has 214 valence electrons. The van der Waals surface area contributed by atoms with Gasteiger partial charge >= 0.3 is 8.60 Å². The number of aliphatic hydroxyl groups excluding tert-OH is 1. The van der Waals surface area contributed by atoms with Crippen molar-refractivity contribution >= 4 is 54.6 Å². The van der Waals surface area contributed by atoms with Crippen LogP contribution >= 0.6 is 15.7 Å². The van der Waals surface area contributed by atoms with E-state index in [9.17, 15) is 14.8 Å². The Hall–Kier alpha value is -3.73. The lowest BCUT2D eigenvalue weighted by molar-refractivity contribution is -0.0581. The van der Waals surface area contributed by atoms with Crippen LogP contribution in [0.15, 0.2) is 101 Å². The van der Waals surface area contributed by atoms with E-state index in [2.05, 4.69) is 15.0 Å². The SMILES string of the molecule is Nc1nc2c(nc(N=P(c3ccccc3)(c3ccccc3)c3ccccc3)n2[C@@H]2OC3COP(O)O[C@H]3C2O)c(=O)[nH]1. The number of nitrogen functional groups attached to an aromatic ring is 1. The lowest BCUT2D eigenvalue weighted by Crippen LogP contribution is -2.38. The average Bonchev–Trinajstić information content (AvgIpc) is 3.53. The molecule has 2 saturated heterocycles. The molecular formula is C28H26N6O6P2. The second-order valence-electron chi connectivity index (χ2n) is 9.81. The van der Waals surface area contributed by atoms with Crippen molar-refractivity contribution in [1.82, 2.24) is 19.5 Å². The lowest BCUT2D eigenvalue weighted by Gasteiger charge is -2.27. The number of rotatable bonds is 5. The lowest BCUT2D eigenvalue weighted by atomic mass is 10.1. The molecule has 0 saturated carbocycles. The molecule has 12 nitrogen and oxygen atoms in total. The van der Waals surface area contributed by atoms with Crippen LogP contribution in [0.1, 0.15) is 6.23 Å². The van der Waals surface area contributed by atoms with Crippen LogP contribution in [-0.4, -0.2) is 54.4 Å². The molecule has 7 rings (SSSR count). The number of H-pyrrole nitrogens is 1. The predicted molar refractivity (Wildman–Crippen MR) is 160 cm³/mol. The summed E-state index contributed by atoms with van der Waals surface area (Å²) in [7, 11) is -5.01. The number of aromatic amines is 1. The number of aromatic nitrogens is 4. The third-order valence-corrected chi connectivity index (χ3v) is 11.7. The molecule has 5 aromatic rings. The van der Waals surface area contributed by atoms with Crippen molar-refractivity contribution in [3.05, 3.63) is 101 Å². The van der Waals surface area contributed by atoms with Crippen LogP contribution in [0.4, 0.5) is 11.9 Å². The molecule has 4 heterocycles. The van der Waals surface area contributed by atoms with Crippen LogP contribution in [0, 0.1) is 0 Å². The van der Waals surface area contributed by atoms with Crippen molar-refractivity contribution in [1.29, 1.82) is 0 Å². The minimum absolute atomic E-state index is 0.0116. The fraction of sp³-hybridized carbons (Fsp3) is 0.179. The monoisotopic (exact) mass is 604 g/mol. The molecular weight excluding hydrogens is 578 g/mol. The van der Waals surface area contributed by atoms with Gasteiger partial charge in [-0.3, -0.25) is 14.3 Å². The summed E-state index contributed by atoms with van der Waals surface area (Å²) in [5.41, 5.74) is 5.49. The maximum atomic E-state index is 13.1. The minimum Gasteiger partial charge on any atom is -0.386 e. The van der Waals surface area contributed by atoms with Crippen molar-refractivity contribution in [3.8, 4) is 0 Å². The van der Waals surface area contributed by atoms with E-state index in [0.717, 1.165) is 15.9 Å². The normalized spacial score (nSPS) is 24.0. The predicted octanol–water partition coefficient (Wildman–Crippen LogP) is 2.40. The molecule has 5 N–H and O–H groups in total. The Labute approximate surface area is 240 Å². The van der Waals surface area contributed by atoms with E-state index in [-0.39, 0.29) is 29.7 Å². The quantitative estimate of drug-likeness (QED) is 0.220. The maximum Gasteiger partial charge on any atom is 0.330 e. The van der Waals surface area contributed by atoms with Gasteiger partial charge in [0.25, 0.3) is 5.56 Å². The maximum absolute atomic E-state index is 13.1. The van der Waals surface area contributed by atoms with Crippen molar-refractivity contribution in [3.63, 3.8) is 0 Å². The molecule has 2 fully saturated rings. The van der Waals surface area contributed by atoms with Gasteiger partial charge in [0.05, 0.1) is 13.7 Å². The Morgan fingerprint density at radius 1 is 0.952 bits per heavy atom. The molecule has 2 aliphatic heterocycles. The largest absolute Gasteiger partial charge is 0.386 e. The van der Waals surface area contributed by atoms with E-state index in [1.165, 1.54) is 4.57 Å². The molecule has 5 atom stereocenters. The summed E-state index contributed by atoms with van der Waals surface area (Å²) in [5, 5.41) is 14.3. The van der Waals surface area contributed by atoms with Gasteiger partial charge in [-0.1, -0.05) is 91.0 Å². The number of anilines is 1. The van der Waals surface area contributed by atoms with E-state index >= 15 is 0 Å². The van der Waals surface area contributed by atoms with Gasteiger partial charge in [0.1, 0.15) is 18.3 Å². The first-order valence-corrected chi connectivity index (χ1v) is 16.0. The van der Waals surface area contributed by atoms with E-state index in [0.29, 0.717) is 0 Å².